The molecule has 2 saturated carbocycles. The van der Waals surface area contributed by atoms with E-state index in [-0.39, 0.29) is 5.91 Å². The van der Waals surface area contributed by atoms with Gasteiger partial charge in [0.25, 0.3) is 5.91 Å². The maximum absolute atomic E-state index is 12.3. The van der Waals surface area contributed by atoms with Crippen LogP contribution in [0.25, 0.3) is 0 Å². The molecule has 104 valence electrons. The number of amides is 1. The van der Waals surface area contributed by atoms with Crippen LogP contribution in [0.2, 0.25) is 0 Å². The quantitative estimate of drug-likeness (QED) is 0.745. The molecule has 19 heavy (non-hydrogen) atoms. The van der Waals surface area contributed by atoms with Gasteiger partial charge in [-0.25, -0.2) is 4.98 Å². The smallest absolute Gasteiger partial charge is 0.265 e. The Labute approximate surface area is 117 Å². The number of rotatable bonds is 6. The Morgan fingerprint density at radius 2 is 2.05 bits per heavy atom. The predicted molar refractivity (Wildman–Crippen MR) is 77.4 cm³/mol. The highest BCUT2D eigenvalue weighted by atomic mass is 32.1. The molecule has 0 aliphatic heterocycles. The van der Waals surface area contributed by atoms with Crippen LogP contribution in [0.4, 0.5) is 10.9 Å². The summed E-state index contributed by atoms with van der Waals surface area (Å²) in [6, 6.07) is 0.358. The molecule has 2 fully saturated rings. The van der Waals surface area contributed by atoms with E-state index in [0.29, 0.717) is 28.6 Å². The van der Waals surface area contributed by atoms with E-state index in [1.165, 1.54) is 37.0 Å². The van der Waals surface area contributed by atoms with E-state index in [1.807, 2.05) is 6.92 Å². The fraction of sp³-hybridized carbons (Fsp3) is 0.692. The summed E-state index contributed by atoms with van der Waals surface area (Å²) in [6.07, 6.45) is 5.01. The minimum absolute atomic E-state index is 0.0528. The van der Waals surface area contributed by atoms with Gasteiger partial charge in [0.1, 0.15) is 10.7 Å². The molecule has 0 unspecified atom stereocenters. The standard InChI is InChI=1S/C13H20N4OS/c1-2-15-13-17-11(14)10(19-13)12(18)16-9(7-3-4-7)8-5-6-8/h7-9H,2-6,14H2,1H3,(H,15,17)(H,16,18). The number of anilines is 2. The lowest BCUT2D eigenvalue weighted by atomic mass is 10.1. The second kappa shape index (κ2) is 5.00. The van der Waals surface area contributed by atoms with Gasteiger partial charge < -0.3 is 16.4 Å². The average molecular weight is 280 g/mol. The van der Waals surface area contributed by atoms with Crippen molar-refractivity contribution in [3.63, 3.8) is 0 Å². The molecule has 3 rings (SSSR count). The molecular formula is C13H20N4OS. The Bertz CT molecular complexity index is 467. The number of thiazole rings is 1. The van der Waals surface area contributed by atoms with Gasteiger partial charge in [-0.1, -0.05) is 11.3 Å². The number of nitrogen functional groups attached to an aromatic ring is 1. The van der Waals surface area contributed by atoms with Crippen molar-refractivity contribution in [1.29, 1.82) is 0 Å². The minimum Gasteiger partial charge on any atom is -0.382 e. The number of carbonyl (C=O) groups is 1. The average Bonchev–Trinajstić information content (AvgIpc) is 3.25. The summed E-state index contributed by atoms with van der Waals surface area (Å²) in [4.78, 5) is 17.0. The Balaban J connectivity index is 1.68. The number of aromatic nitrogens is 1. The first-order valence-electron chi connectivity index (χ1n) is 7.00. The van der Waals surface area contributed by atoms with Crippen molar-refractivity contribution in [3.05, 3.63) is 4.88 Å². The highest BCUT2D eigenvalue weighted by Crippen LogP contribution is 2.44. The molecule has 0 bridgehead atoms. The summed E-state index contributed by atoms with van der Waals surface area (Å²) in [7, 11) is 0. The van der Waals surface area contributed by atoms with Crippen molar-refractivity contribution in [2.75, 3.05) is 17.6 Å². The maximum atomic E-state index is 12.3. The first kappa shape index (κ1) is 12.7. The Morgan fingerprint density at radius 1 is 1.42 bits per heavy atom. The summed E-state index contributed by atoms with van der Waals surface area (Å²) in [5.74, 6) is 1.67. The van der Waals surface area contributed by atoms with Crippen molar-refractivity contribution in [3.8, 4) is 0 Å². The molecular weight excluding hydrogens is 260 g/mol. The first-order valence-corrected chi connectivity index (χ1v) is 7.81. The molecule has 4 N–H and O–H groups in total. The number of hydrogen-bond acceptors (Lipinski definition) is 5. The molecule has 5 nitrogen and oxygen atoms in total. The monoisotopic (exact) mass is 280 g/mol. The van der Waals surface area contributed by atoms with Crippen LogP contribution >= 0.6 is 11.3 Å². The summed E-state index contributed by atoms with van der Waals surface area (Å²) in [6.45, 7) is 2.77. The molecule has 0 aromatic carbocycles. The van der Waals surface area contributed by atoms with E-state index < -0.39 is 0 Å². The summed E-state index contributed by atoms with van der Waals surface area (Å²) in [5.41, 5.74) is 5.83. The van der Waals surface area contributed by atoms with E-state index >= 15 is 0 Å². The topological polar surface area (TPSA) is 80.0 Å². The Hall–Kier alpha value is -1.30. The molecule has 0 atom stereocenters. The van der Waals surface area contributed by atoms with Crippen LogP contribution in [0.15, 0.2) is 0 Å². The molecule has 6 heteroatoms. The summed E-state index contributed by atoms with van der Waals surface area (Å²) < 4.78 is 0. The molecule has 2 aliphatic rings. The van der Waals surface area contributed by atoms with E-state index in [0.717, 1.165) is 11.7 Å². The third kappa shape index (κ3) is 2.83. The van der Waals surface area contributed by atoms with E-state index in [1.54, 1.807) is 0 Å². The molecule has 2 aliphatic carbocycles. The number of carbonyl (C=O) groups excluding carboxylic acids is 1. The van der Waals surface area contributed by atoms with Crippen LogP contribution in [-0.4, -0.2) is 23.5 Å². The second-order valence-electron chi connectivity index (χ2n) is 5.44. The predicted octanol–water partition coefficient (Wildman–Crippen LogP) is 2.08. The highest BCUT2D eigenvalue weighted by molar-refractivity contribution is 7.18. The van der Waals surface area contributed by atoms with Crippen molar-refractivity contribution in [1.82, 2.24) is 10.3 Å². The Kier molecular flexibility index (Phi) is 3.35. The van der Waals surface area contributed by atoms with E-state index in [2.05, 4.69) is 15.6 Å². The SMILES string of the molecule is CCNc1nc(N)c(C(=O)NC(C2CC2)C2CC2)s1. The number of hydrogen-bond donors (Lipinski definition) is 3. The first-order chi connectivity index (χ1) is 9.19. The third-order valence-electron chi connectivity index (χ3n) is 3.75. The third-order valence-corrected chi connectivity index (χ3v) is 4.77. The molecule has 1 aromatic heterocycles. The zero-order chi connectivity index (χ0) is 13.4. The van der Waals surface area contributed by atoms with Gasteiger partial charge in [0.15, 0.2) is 5.13 Å². The van der Waals surface area contributed by atoms with Crippen LogP contribution < -0.4 is 16.4 Å². The van der Waals surface area contributed by atoms with Gasteiger partial charge in [-0.2, -0.15) is 0 Å². The lowest BCUT2D eigenvalue weighted by Gasteiger charge is -2.16. The van der Waals surface area contributed by atoms with Crippen LogP contribution in [0.5, 0.6) is 0 Å². The second-order valence-corrected chi connectivity index (χ2v) is 6.44. The number of nitrogens with two attached hydrogens (primary N) is 1. The van der Waals surface area contributed by atoms with Gasteiger partial charge in [0, 0.05) is 12.6 Å². The molecule has 1 amide bonds. The van der Waals surface area contributed by atoms with Crippen molar-refractivity contribution >= 4 is 28.2 Å². The maximum Gasteiger partial charge on any atom is 0.265 e. The zero-order valence-corrected chi connectivity index (χ0v) is 11.9. The minimum atomic E-state index is -0.0528. The Morgan fingerprint density at radius 3 is 2.58 bits per heavy atom. The van der Waals surface area contributed by atoms with Crippen LogP contribution in [0.1, 0.15) is 42.3 Å². The largest absolute Gasteiger partial charge is 0.382 e. The summed E-state index contributed by atoms with van der Waals surface area (Å²) >= 11 is 1.34. The molecule has 1 aromatic rings. The van der Waals surface area contributed by atoms with E-state index in [9.17, 15) is 4.79 Å². The number of nitrogens with one attached hydrogen (secondary N) is 2. The van der Waals surface area contributed by atoms with Crippen LogP contribution in [-0.2, 0) is 0 Å². The zero-order valence-electron chi connectivity index (χ0n) is 11.1. The van der Waals surface area contributed by atoms with E-state index in [4.69, 9.17) is 5.73 Å². The molecule has 0 saturated heterocycles. The fourth-order valence-electron chi connectivity index (χ4n) is 2.47. The van der Waals surface area contributed by atoms with Crippen molar-refractivity contribution < 1.29 is 4.79 Å². The highest BCUT2D eigenvalue weighted by Gasteiger charge is 2.42. The van der Waals surface area contributed by atoms with Gasteiger partial charge in [0.05, 0.1) is 0 Å². The van der Waals surface area contributed by atoms with Crippen molar-refractivity contribution in [2.45, 2.75) is 38.6 Å². The lowest BCUT2D eigenvalue weighted by Crippen LogP contribution is -2.38. The molecule has 1 heterocycles. The molecule has 0 spiro atoms. The normalized spacial score (nSPS) is 18.6. The van der Waals surface area contributed by atoms with Crippen molar-refractivity contribution in [2.24, 2.45) is 11.8 Å². The summed E-state index contributed by atoms with van der Waals surface area (Å²) in [5, 5.41) is 6.99. The van der Waals surface area contributed by atoms with Gasteiger partial charge in [0.2, 0.25) is 0 Å². The lowest BCUT2D eigenvalue weighted by molar-refractivity contribution is 0.0931. The van der Waals surface area contributed by atoms with Crippen LogP contribution in [0.3, 0.4) is 0 Å². The van der Waals surface area contributed by atoms with Gasteiger partial charge in [-0.05, 0) is 44.4 Å². The fourth-order valence-corrected chi connectivity index (χ4v) is 3.33. The van der Waals surface area contributed by atoms with Gasteiger partial charge >= 0.3 is 0 Å². The van der Waals surface area contributed by atoms with Gasteiger partial charge in [-0.3, -0.25) is 4.79 Å². The van der Waals surface area contributed by atoms with Crippen LogP contribution in [0, 0.1) is 11.8 Å². The molecule has 0 radical (unpaired) electrons. The van der Waals surface area contributed by atoms with Gasteiger partial charge in [-0.15, -0.1) is 0 Å². The number of nitrogens with zero attached hydrogens (tertiary/aromatic N) is 1.